The van der Waals surface area contributed by atoms with Crippen molar-refractivity contribution in [2.75, 3.05) is 0 Å². The highest BCUT2D eigenvalue weighted by atomic mass is 19.4. The molecule has 6 heteroatoms. The summed E-state index contributed by atoms with van der Waals surface area (Å²) in [4.78, 5) is 0. The highest BCUT2D eigenvalue weighted by Gasteiger charge is 2.34. The van der Waals surface area contributed by atoms with E-state index >= 15 is 0 Å². The third-order valence-corrected chi connectivity index (χ3v) is 3.21. The molecule has 22 heavy (non-hydrogen) atoms. The largest absolute Gasteiger partial charge is 0.508 e. The minimum Gasteiger partial charge on any atom is -0.508 e. The molecule has 114 valence electrons. The van der Waals surface area contributed by atoms with Crippen molar-refractivity contribution in [1.82, 2.24) is 0 Å². The van der Waals surface area contributed by atoms with Crippen LogP contribution in [0, 0.1) is 0 Å². The van der Waals surface area contributed by atoms with Crippen molar-refractivity contribution in [3.05, 3.63) is 59.9 Å². The Morgan fingerprint density at radius 3 is 2.64 bits per heavy atom. The number of hydrogen-bond acceptors (Lipinski definition) is 3. The molecule has 0 aliphatic rings. The van der Waals surface area contributed by atoms with E-state index in [1.54, 1.807) is 6.07 Å². The first-order chi connectivity index (χ1) is 10.4. The molecule has 0 saturated heterocycles. The molecule has 0 unspecified atom stereocenters. The molecule has 1 N–H and O–H groups in total. The lowest BCUT2D eigenvalue weighted by Crippen LogP contribution is -2.08. The lowest BCUT2D eigenvalue weighted by atomic mass is 10.1. The van der Waals surface area contributed by atoms with Crippen LogP contribution in [0.3, 0.4) is 0 Å². The number of aromatic hydroxyl groups is 1. The SMILES string of the molecule is Oc1ccc2occ(COc3ccccc3C(F)(F)F)c2c1. The monoisotopic (exact) mass is 308 g/mol. The molecule has 2 aromatic carbocycles. The molecule has 0 saturated carbocycles. The first-order valence-corrected chi connectivity index (χ1v) is 6.43. The number of furan rings is 1. The van der Waals surface area contributed by atoms with Gasteiger partial charge in [-0.15, -0.1) is 0 Å². The Labute approximate surface area is 123 Å². The summed E-state index contributed by atoms with van der Waals surface area (Å²) in [6, 6.07) is 9.54. The van der Waals surface area contributed by atoms with Gasteiger partial charge in [-0.3, -0.25) is 0 Å². The zero-order valence-electron chi connectivity index (χ0n) is 11.2. The second-order valence-corrected chi connectivity index (χ2v) is 4.72. The average molecular weight is 308 g/mol. The van der Waals surface area contributed by atoms with E-state index in [1.807, 2.05) is 0 Å². The number of phenols is 1. The van der Waals surface area contributed by atoms with Crippen LogP contribution in [0.15, 0.2) is 53.1 Å². The second kappa shape index (κ2) is 5.29. The van der Waals surface area contributed by atoms with Crippen molar-refractivity contribution in [2.45, 2.75) is 12.8 Å². The van der Waals surface area contributed by atoms with Crippen LogP contribution < -0.4 is 4.74 Å². The van der Waals surface area contributed by atoms with E-state index in [4.69, 9.17) is 9.15 Å². The van der Waals surface area contributed by atoms with Crippen molar-refractivity contribution in [3.8, 4) is 11.5 Å². The minimum atomic E-state index is -4.48. The lowest BCUT2D eigenvalue weighted by Gasteiger charge is -2.13. The van der Waals surface area contributed by atoms with E-state index in [9.17, 15) is 18.3 Å². The second-order valence-electron chi connectivity index (χ2n) is 4.72. The standard InChI is InChI=1S/C16H11F3O3/c17-16(18,19)13-3-1-2-4-15(13)22-9-10-8-21-14-6-5-11(20)7-12(10)14/h1-8,20H,9H2. The van der Waals surface area contributed by atoms with E-state index in [-0.39, 0.29) is 18.1 Å². The normalized spacial score (nSPS) is 11.8. The van der Waals surface area contributed by atoms with Crippen molar-refractivity contribution in [2.24, 2.45) is 0 Å². The maximum Gasteiger partial charge on any atom is 0.419 e. The van der Waals surface area contributed by atoms with Gasteiger partial charge in [0.25, 0.3) is 0 Å². The fourth-order valence-electron chi connectivity index (χ4n) is 2.16. The van der Waals surface area contributed by atoms with E-state index in [2.05, 4.69) is 0 Å². The van der Waals surface area contributed by atoms with Crippen molar-refractivity contribution in [3.63, 3.8) is 0 Å². The maximum absolute atomic E-state index is 12.9. The van der Waals surface area contributed by atoms with Gasteiger partial charge in [0.15, 0.2) is 0 Å². The molecule has 0 radical (unpaired) electrons. The smallest absolute Gasteiger partial charge is 0.419 e. The Morgan fingerprint density at radius 2 is 1.86 bits per heavy atom. The maximum atomic E-state index is 12.9. The summed E-state index contributed by atoms with van der Waals surface area (Å²) in [6.45, 7) is -0.0937. The van der Waals surface area contributed by atoms with E-state index < -0.39 is 11.7 Å². The number of para-hydroxylation sites is 1. The lowest BCUT2D eigenvalue weighted by molar-refractivity contribution is -0.139. The Hall–Kier alpha value is -2.63. The molecular weight excluding hydrogens is 297 g/mol. The van der Waals surface area contributed by atoms with Gasteiger partial charge in [-0.25, -0.2) is 0 Å². The van der Waals surface area contributed by atoms with E-state index in [0.717, 1.165) is 6.07 Å². The zero-order chi connectivity index (χ0) is 15.7. The Balaban J connectivity index is 1.87. The Bertz CT molecular complexity index is 806. The van der Waals surface area contributed by atoms with Crippen molar-refractivity contribution in [1.29, 1.82) is 0 Å². The van der Waals surface area contributed by atoms with E-state index in [1.165, 1.54) is 36.6 Å². The molecule has 3 aromatic rings. The summed E-state index contributed by atoms with van der Waals surface area (Å²) in [5.74, 6) is -0.199. The van der Waals surface area contributed by atoms with Crippen LogP contribution in [0.5, 0.6) is 11.5 Å². The van der Waals surface area contributed by atoms with Gasteiger partial charge in [0.2, 0.25) is 0 Å². The van der Waals surface area contributed by atoms with Crippen LogP contribution in [-0.4, -0.2) is 5.11 Å². The summed E-state index contributed by atoms with van der Waals surface area (Å²) >= 11 is 0. The molecule has 0 bridgehead atoms. The summed E-state index contributed by atoms with van der Waals surface area (Å²) in [5, 5.41) is 10.1. The molecule has 0 atom stereocenters. The van der Waals surface area contributed by atoms with Gasteiger partial charge in [0.1, 0.15) is 23.7 Å². The first kappa shape index (κ1) is 14.3. The number of fused-ring (bicyclic) bond motifs is 1. The highest BCUT2D eigenvalue weighted by molar-refractivity contribution is 5.82. The van der Waals surface area contributed by atoms with Crippen LogP contribution in [0.4, 0.5) is 13.2 Å². The van der Waals surface area contributed by atoms with Gasteiger partial charge < -0.3 is 14.3 Å². The molecule has 0 fully saturated rings. The van der Waals surface area contributed by atoms with E-state index in [0.29, 0.717) is 16.5 Å². The van der Waals surface area contributed by atoms with Crippen LogP contribution in [0.1, 0.15) is 11.1 Å². The summed E-state index contributed by atoms with van der Waals surface area (Å²) in [7, 11) is 0. The molecule has 3 rings (SSSR count). The topological polar surface area (TPSA) is 42.6 Å². The predicted octanol–water partition coefficient (Wildman–Crippen LogP) is 4.74. The number of ether oxygens (including phenoxy) is 1. The Morgan fingerprint density at radius 1 is 1.09 bits per heavy atom. The summed E-state index contributed by atoms with van der Waals surface area (Å²) in [5.41, 5.74) is 0.258. The van der Waals surface area contributed by atoms with Crippen LogP contribution in [0.2, 0.25) is 0 Å². The summed E-state index contributed by atoms with van der Waals surface area (Å²) in [6.07, 6.45) is -3.08. The van der Waals surface area contributed by atoms with Gasteiger partial charge in [0.05, 0.1) is 11.8 Å². The number of alkyl halides is 3. The number of halogens is 3. The average Bonchev–Trinajstić information content (AvgIpc) is 2.87. The minimum absolute atomic E-state index is 0.0471. The number of phenolic OH excluding ortho intramolecular Hbond substituents is 1. The fourth-order valence-corrected chi connectivity index (χ4v) is 2.16. The van der Waals surface area contributed by atoms with Crippen LogP contribution in [0.25, 0.3) is 11.0 Å². The summed E-state index contributed by atoms with van der Waals surface area (Å²) < 4.78 is 49.2. The van der Waals surface area contributed by atoms with Gasteiger partial charge in [0, 0.05) is 10.9 Å². The Kier molecular flexibility index (Phi) is 3.44. The van der Waals surface area contributed by atoms with Crippen LogP contribution >= 0.6 is 0 Å². The first-order valence-electron chi connectivity index (χ1n) is 6.43. The molecule has 0 spiro atoms. The molecule has 0 amide bonds. The van der Waals surface area contributed by atoms with Gasteiger partial charge in [-0.2, -0.15) is 13.2 Å². The van der Waals surface area contributed by atoms with Crippen molar-refractivity contribution < 1.29 is 27.4 Å². The van der Waals surface area contributed by atoms with Gasteiger partial charge >= 0.3 is 6.18 Å². The van der Waals surface area contributed by atoms with Crippen molar-refractivity contribution >= 4 is 11.0 Å². The third-order valence-electron chi connectivity index (χ3n) is 3.21. The zero-order valence-corrected chi connectivity index (χ0v) is 11.2. The van der Waals surface area contributed by atoms with Gasteiger partial charge in [-0.1, -0.05) is 12.1 Å². The number of hydrogen-bond donors (Lipinski definition) is 1. The molecular formula is C16H11F3O3. The molecule has 0 aliphatic carbocycles. The number of rotatable bonds is 3. The highest BCUT2D eigenvalue weighted by Crippen LogP contribution is 2.36. The molecule has 0 aliphatic heterocycles. The van der Waals surface area contributed by atoms with Crippen LogP contribution in [-0.2, 0) is 12.8 Å². The molecule has 1 heterocycles. The third kappa shape index (κ3) is 2.72. The van der Waals surface area contributed by atoms with Gasteiger partial charge in [-0.05, 0) is 30.3 Å². The quantitative estimate of drug-likeness (QED) is 0.760. The fraction of sp³-hybridized carbons (Fsp3) is 0.125. The molecule has 1 aromatic heterocycles. The predicted molar refractivity (Wildman–Crippen MR) is 73.7 cm³/mol. The number of benzene rings is 2. The molecule has 3 nitrogen and oxygen atoms in total.